The lowest BCUT2D eigenvalue weighted by Gasteiger charge is -2.03. The maximum absolute atomic E-state index is 5.50. The van der Waals surface area contributed by atoms with E-state index in [9.17, 15) is 0 Å². The van der Waals surface area contributed by atoms with Crippen molar-refractivity contribution in [1.82, 2.24) is 0 Å². The van der Waals surface area contributed by atoms with E-state index in [0.717, 1.165) is 13.0 Å². The molecule has 0 bridgehead atoms. The molecule has 17 heavy (non-hydrogen) atoms. The van der Waals surface area contributed by atoms with Gasteiger partial charge in [0.25, 0.3) is 0 Å². The first kappa shape index (κ1) is 17.0. The molecule has 0 fully saturated rings. The van der Waals surface area contributed by atoms with Crippen molar-refractivity contribution in [1.29, 1.82) is 0 Å². The average molecular weight is 241 g/mol. The van der Waals surface area contributed by atoms with Crippen molar-refractivity contribution in [2.45, 2.75) is 90.9 Å². The number of hydrogen-bond acceptors (Lipinski definition) is 1. The Kier molecular flexibility index (Phi) is 15.9. The van der Waals surface area contributed by atoms with E-state index in [2.05, 4.69) is 13.8 Å². The average Bonchev–Trinajstić information content (AvgIpc) is 2.35. The van der Waals surface area contributed by atoms with Crippen molar-refractivity contribution in [3.63, 3.8) is 0 Å². The van der Waals surface area contributed by atoms with Crippen LogP contribution in [0.1, 0.15) is 90.9 Å². The van der Waals surface area contributed by atoms with Crippen molar-refractivity contribution >= 4 is 0 Å². The standard InChI is InChI=1S/C16H33O/c1-3-5-7-9-10-11-12-14-16-17-15-13-8-6-4-2/h16H,3-15H2,1-2H3. The lowest BCUT2D eigenvalue weighted by molar-refractivity contribution is 0.184. The molecule has 0 spiro atoms. The van der Waals surface area contributed by atoms with E-state index in [0.29, 0.717) is 0 Å². The van der Waals surface area contributed by atoms with Gasteiger partial charge in [0.1, 0.15) is 0 Å². The van der Waals surface area contributed by atoms with Crippen molar-refractivity contribution in [3.05, 3.63) is 6.61 Å². The molecule has 1 heteroatoms. The fraction of sp³-hybridized carbons (Fsp3) is 0.938. The first-order valence-corrected chi connectivity index (χ1v) is 7.85. The number of unbranched alkanes of at least 4 members (excludes halogenated alkanes) is 10. The molecule has 0 aromatic carbocycles. The number of ether oxygens (including phenoxy) is 1. The van der Waals surface area contributed by atoms with Gasteiger partial charge in [-0.15, -0.1) is 0 Å². The molecule has 0 aliphatic heterocycles. The molecule has 0 heterocycles. The lowest BCUT2D eigenvalue weighted by Crippen LogP contribution is -1.92. The molecule has 1 nitrogen and oxygen atoms in total. The molecular weight excluding hydrogens is 208 g/mol. The van der Waals surface area contributed by atoms with Gasteiger partial charge >= 0.3 is 0 Å². The quantitative estimate of drug-likeness (QED) is 0.345. The van der Waals surface area contributed by atoms with Crippen LogP contribution in [0.3, 0.4) is 0 Å². The molecule has 0 saturated heterocycles. The minimum atomic E-state index is 0.927. The Morgan fingerprint density at radius 1 is 0.647 bits per heavy atom. The molecule has 0 aliphatic carbocycles. The summed E-state index contributed by atoms with van der Waals surface area (Å²) in [6.07, 6.45) is 16.0. The van der Waals surface area contributed by atoms with Crippen LogP contribution in [0.4, 0.5) is 0 Å². The highest BCUT2D eigenvalue weighted by Crippen LogP contribution is 2.09. The van der Waals surface area contributed by atoms with Crippen LogP contribution in [-0.2, 0) is 4.74 Å². The Hall–Kier alpha value is -0.0400. The van der Waals surface area contributed by atoms with E-state index in [1.165, 1.54) is 70.6 Å². The SMILES string of the molecule is CCCCCCCCC[CH]OCCCCCC. The van der Waals surface area contributed by atoms with Gasteiger partial charge in [0.05, 0.1) is 6.61 Å². The third kappa shape index (κ3) is 16.0. The third-order valence-electron chi connectivity index (χ3n) is 3.16. The van der Waals surface area contributed by atoms with Crippen molar-refractivity contribution in [2.24, 2.45) is 0 Å². The molecule has 0 aliphatic rings. The van der Waals surface area contributed by atoms with E-state index >= 15 is 0 Å². The number of hydrogen-bond donors (Lipinski definition) is 0. The van der Waals surface area contributed by atoms with Gasteiger partial charge in [-0.25, -0.2) is 0 Å². The van der Waals surface area contributed by atoms with Gasteiger partial charge in [-0.1, -0.05) is 78.1 Å². The smallest absolute Gasteiger partial charge is 0.0836 e. The van der Waals surface area contributed by atoms with E-state index < -0.39 is 0 Å². The largest absolute Gasteiger partial charge is 0.376 e. The van der Waals surface area contributed by atoms with Gasteiger partial charge in [0.2, 0.25) is 0 Å². The molecule has 0 aromatic heterocycles. The third-order valence-corrected chi connectivity index (χ3v) is 3.16. The van der Waals surface area contributed by atoms with Crippen LogP contribution in [0, 0.1) is 6.61 Å². The maximum atomic E-state index is 5.50. The monoisotopic (exact) mass is 241 g/mol. The van der Waals surface area contributed by atoms with Crippen LogP contribution in [0.5, 0.6) is 0 Å². The summed E-state index contributed by atoms with van der Waals surface area (Å²) in [5, 5.41) is 0. The normalized spacial score (nSPS) is 10.9. The van der Waals surface area contributed by atoms with E-state index in [1.807, 2.05) is 6.61 Å². The summed E-state index contributed by atoms with van der Waals surface area (Å²) in [5.74, 6) is 0. The molecule has 0 atom stereocenters. The second kappa shape index (κ2) is 16.0. The van der Waals surface area contributed by atoms with Gasteiger partial charge in [0, 0.05) is 6.61 Å². The zero-order chi connectivity index (χ0) is 12.6. The fourth-order valence-corrected chi connectivity index (χ4v) is 1.96. The molecule has 0 amide bonds. The molecule has 103 valence electrons. The summed E-state index contributed by atoms with van der Waals surface area (Å²) in [4.78, 5) is 0. The highest BCUT2D eigenvalue weighted by molar-refractivity contribution is 4.53. The van der Waals surface area contributed by atoms with Crippen LogP contribution >= 0.6 is 0 Å². The molecule has 0 unspecified atom stereocenters. The summed E-state index contributed by atoms with van der Waals surface area (Å²) in [6, 6.07) is 0. The van der Waals surface area contributed by atoms with Crippen molar-refractivity contribution in [3.8, 4) is 0 Å². The predicted octanol–water partition coefficient (Wildman–Crippen LogP) is 5.89. The highest BCUT2D eigenvalue weighted by Gasteiger charge is 1.93. The van der Waals surface area contributed by atoms with E-state index in [4.69, 9.17) is 4.74 Å². The van der Waals surface area contributed by atoms with Crippen LogP contribution in [0.2, 0.25) is 0 Å². The van der Waals surface area contributed by atoms with Crippen LogP contribution in [0.25, 0.3) is 0 Å². The summed E-state index contributed by atoms with van der Waals surface area (Å²) in [7, 11) is 0. The first-order chi connectivity index (χ1) is 8.41. The molecule has 0 saturated carbocycles. The molecule has 0 N–H and O–H groups in total. The van der Waals surface area contributed by atoms with E-state index in [1.54, 1.807) is 0 Å². The summed E-state index contributed by atoms with van der Waals surface area (Å²) in [5.41, 5.74) is 0. The summed E-state index contributed by atoms with van der Waals surface area (Å²) >= 11 is 0. The maximum Gasteiger partial charge on any atom is 0.0836 e. The Bertz CT molecular complexity index is 109. The van der Waals surface area contributed by atoms with Crippen LogP contribution in [0.15, 0.2) is 0 Å². The molecule has 0 rings (SSSR count). The van der Waals surface area contributed by atoms with Gasteiger partial charge in [-0.2, -0.15) is 0 Å². The second-order valence-corrected chi connectivity index (χ2v) is 5.01. The summed E-state index contributed by atoms with van der Waals surface area (Å²) in [6.45, 7) is 7.47. The minimum Gasteiger partial charge on any atom is -0.376 e. The number of rotatable bonds is 14. The zero-order valence-electron chi connectivity index (χ0n) is 12.2. The molecule has 0 aromatic rings. The Morgan fingerprint density at radius 2 is 1.18 bits per heavy atom. The van der Waals surface area contributed by atoms with Gasteiger partial charge in [-0.05, 0) is 12.8 Å². The first-order valence-electron chi connectivity index (χ1n) is 7.85. The van der Waals surface area contributed by atoms with Crippen molar-refractivity contribution < 1.29 is 4.74 Å². The van der Waals surface area contributed by atoms with Crippen LogP contribution in [-0.4, -0.2) is 6.61 Å². The Labute approximate surface area is 109 Å². The van der Waals surface area contributed by atoms with Gasteiger partial charge in [0.15, 0.2) is 0 Å². The predicted molar refractivity (Wildman–Crippen MR) is 77.0 cm³/mol. The van der Waals surface area contributed by atoms with Gasteiger partial charge < -0.3 is 4.74 Å². The minimum absolute atomic E-state index is 0.927. The fourth-order valence-electron chi connectivity index (χ4n) is 1.96. The zero-order valence-corrected chi connectivity index (χ0v) is 12.2. The molecule has 1 radical (unpaired) electrons. The Balaban J connectivity index is 2.85. The highest BCUT2D eigenvalue weighted by atomic mass is 16.5. The van der Waals surface area contributed by atoms with Crippen molar-refractivity contribution in [2.75, 3.05) is 6.61 Å². The second-order valence-electron chi connectivity index (χ2n) is 5.01. The van der Waals surface area contributed by atoms with E-state index in [-0.39, 0.29) is 0 Å². The Morgan fingerprint density at radius 3 is 1.82 bits per heavy atom. The van der Waals surface area contributed by atoms with Crippen LogP contribution < -0.4 is 0 Å². The summed E-state index contributed by atoms with van der Waals surface area (Å²) < 4.78 is 5.50. The molecular formula is C16H33O. The van der Waals surface area contributed by atoms with Gasteiger partial charge in [-0.3, -0.25) is 0 Å². The lowest BCUT2D eigenvalue weighted by atomic mass is 10.1. The topological polar surface area (TPSA) is 9.23 Å².